The second-order valence-corrected chi connectivity index (χ2v) is 11.9. The van der Waals surface area contributed by atoms with E-state index in [1.165, 1.54) is 0 Å². The molecule has 19 heavy (non-hydrogen) atoms. The Kier molecular flexibility index (Phi) is 5.79. The van der Waals surface area contributed by atoms with Crippen molar-refractivity contribution in [3.05, 3.63) is 16.4 Å². The van der Waals surface area contributed by atoms with Crippen molar-refractivity contribution in [1.82, 2.24) is 9.78 Å². The van der Waals surface area contributed by atoms with Gasteiger partial charge in [-0.1, -0.05) is 20.8 Å². The van der Waals surface area contributed by atoms with Crippen LogP contribution in [-0.4, -0.2) is 31.3 Å². The lowest BCUT2D eigenvalue weighted by atomic mass is 10.2. The van der Waals surface area contributed by atoms with Gasteiger partial charge in [-0.3, -0.25) is 4.68 Å². The lowest BCUT2D eigenvalue weighted by Crippen LogP contribution is -2.41. The monoisotopic (exact) mass is 348 g/mol. The van der Waals surface area contributed by atoms with Gasteiger partial charge in [-0.25, -0.2) is 0 Å². The van der Waals surface area contributed by atoms with Crippen molar-refractivity contribution in [1.29, 1.82) is 0 Å². The summed E-state index contributed by atoms with van der Waals surface area (Å²) >= 11 is 3.46. The van der Waals surface area contributed by atoms with Crippen LogP contribution < -0.4 is 0 Å². The molecule has 0 radical (unpaired) electrons. The number of hydrogen-bond donors (Lipinski definition) is 0. The van der Waals surface area contributed by atoms with Crippen LogP contribution in [0.15, 0.2) is 10.7 Å². The van der Waals surface area contributed by atoms with Crippen LogP contribution in [0.2, 0.25) is 18.1 Å². The van der Waals surface area contributed by atoms with E-state index in [1.54, 1.807) is 6.20 Å². The minimum Gasteiger partial charge on any atom is -0.414 e. The van der Waals surface area contributed by atoms with E-state index in [2.05, 4.69) is 54.9 Å². The third-order valence-electron chi connectivity index (χ3n) is 3.75. The molecule has 0 atom stereocenters. The van der Waals surface area contributed by atoms with Crippen molar-refractivity contribution < 1.29 is 9.16 Å². The molecule has 0 saturated carbocycles. The molecule has 0 spiro atoms. The largest absolute Gasteiger partial charge is 0.414 e. The molecule has 1 aromatic rings. The Bertz CT molecular complexity index is 394. The summed E-state index contributed by atoms with van der Waals surface area (Å²) in [6.45, 7) is 13.1. The number of aromatic nitrogens is 2. The van der Waals surface area contributed by atoms with Crippen molar-refractivity contribution in [3.63, 3.8) is 0 Å². The van der Waals surface area contributed by atoms with E-state index in [-0.39, 0.29) is 5.04 Å². The van der Waals surface area contributed by atoms with E-state index in [4.69, 9.17) is 9.16 Å². The van der Waals surface area contributed by atoms with Gasteiger partial charge in [-0.2, -0.15) is 5.10 Å². The first-order valence-corrected chi connectivity index (χ1v) is 10.2. The second kappa shape index (κ2) is 6.52. The molecule has 0 aliphatic carbocycles. The Morgan fingerprint density at radius 2 is 1.95 bits per heavy atom. The molecule has 0 bridgehead atoms. The molecule has 0 N–H and O–H groups in total. The topological polar surface area (TPSA) is 36.3 Å². The lowest BCUT2D eigenvalue weighted by molar-refractivity contribution is 0.0806. The van der Waals surface area contributed by atoms with Gasteiger partial charge in [0.05, 0.1) is 36.2 Å². The van der Waals surface area contributed by atoms with E-state index in [0.717, 1.165) is 10.2 Å². The number of ether oxygens (including phenoxy) is 1. The van der Waals surface area contributed by atoms with Crippen molar-refractivity contribution in [2.24, 2.45) is 7.05 Å². The molecule has 0 fully saturated rings. The van der Waals surface area contributed by atoms with E-state index in [1.807, 2.05) is 11.7 Å². The van der Waals surface area contributed by atoms with Crippen LogP contribution in [0.25, 0.3) is 0 Å². The molecule has 4 nitrogen and oxygen atoms in total. The fourth-order valence-corrected chi connectivity index (χ4v) is 2.83. The molecule has 1 heterocycles. The summed E-state index contributed by atoms with van der Waals surface area (Å²) in [6.07, 6.45) is 1.78. The van der Waals surface area contributed by atoms with Crippen LogP contribution in [0, 0.1) is 0 Å². The quantitative estimate of drug-likeness (QED) is 0.580. The van der Waals surface area contributed by atoms with Crippen LogP contribution in [0.3, 0.4) is 0 Å². The van der Waals surface area contributed by atoms with Gasteiger partial charge in [0.1, 0.15) is 0 Å². The lowest BCUT2D eigenvalue weighted by Gasteiger charge is -2.36. The minimum absolute atomic E-state index is 0.248. The fraction of sp³-hybridized carbons (Fsp3) is 0.769. The van der Waals surface area contributed by atoms with Gasteiger partial charge in [0.2, 0.25) is 0 Å². The van der Waals surface area contributed by atoms with Crippen molar-refractivity contribution in [3.8, 4) is 0 Å². The van der Waals surface area contributed by atoms with E-state index < -0.39 is 8.32 Å². The van der Waals surface area contributed by atoms with Gasteiger partial charge in [-0.15, -0.1) is 0 Å². The van der Waals surface area contributed by atoms with Crippen LogP contribution in [0.1, 0.15) is 26.5 Å². The standard InChI is InChI=1S/C13H25BrN2O2Si/c1-13(2,3)19(5,6)18-8-7-17-10-12-11(14)9-15-16(12)4/h9H,7-8,10H2,1-6H3. The maximum absolute atomic E-state index is 6.05. The molecule has 0 aromatic carbocycles. The van der Waals surface area contributed by atoms with Crippen LogP contribution in [-0.2, 0) is 22.8 Å². The third-order valence-corrected chi connectivity index (χ3v) is 8.95. The Morgan fingerprint density at radius 3 is 2.42 bits per heavy atom. The molecule has 0 aliphatic heterocycles. The zero-order chi connectivity index (χ0) is 14.7. The maximum Gasteiger partial charge on any atom is 0.192 e. The SMILES string of the molecule is Cn1ncc(Br)c1COCCO[Si](C)(C)C(C)(C)C. The van der Waals surface area contributed by atoms with E-state index >= 15 is 0 Å². The molecule has 6 heteroatoms. The molecule has 0 saturated heterocycles. The van der Waals surface area contributed by atoms with Crippen LogP contribution in [0.5, 0.6) is 0 Å². The van der Waals surface area contributed by atoms with Crippen molar-refractivity contribution >= 4 is 24.2 Å². The summed E-state index contributed by atoms with van der Waals surface area (Å²) in [6, 6.07) is 0. The van der Waals surface area contributed by atoms with E-state index in [9.17, 15) is 0 Å². The summed E-state index contributed by atoms with van der Waals surface area (Å²) in [5, 5.41) is 4.40. The predicted molar refractivity (Wildman–Crippen MR) is 83.7 cm³/mol. The summed E-state index contributed by atoms with van der Waals surface area (Å²) < 4.78 is 14.5. The molecule has 0 amide bonds. The maximum atomic E-state index is 6.05. The zero-order valence-electron chi connectivity index (χ0n) is 12.8. The summed E-state index contributed by atoms with van der Waals surface area (Å²) in [5.74, 6) is 0. The molecular weight excluding hydrogens is 324 g/mol. The van der Waals surface area contributed by atoms with Gasteiger partial charge < -0.3 is 9.16 Å². The highest BCUT2D eigenvalue weighted by molar-refractivity contribution is 9.10. The summed E-state index contributed by atoms with van der Waals surface area (Å²) in [4.78, 5) is 0. The predicted octanol–water partition coefficient (Wildman–Crippen LogP) is 3.72. The van der Waals surface area contributed by atoms with Crippen LogP contribution in [0.4, 0.5) is 0 Å². The molecule has 1 rings (SSSR count). The summed E-state index contributed by atoms with van der Waals surface area (Å²) in [5.41, 5.74) is 1.05. The van der Waals surface area contributed by atoms with Gasteiger partial charge in [0.15, 0.2) is 8.32 Å². The second-order valence-electron chi connectivity index (χ2n) is 6.22. The minimum atomic E-state index is -1.65. The fourth-order valence-electron chi connectivity index (χ4n) is 1.34. The Hall–Kier alpha value is -0.173. The highest BCUT2D eigenvalue weighted by Gasteiger charge is 2.36. The molecule has 0 unspecified atom stereocenters. The number of halogens is 1. The van der Waals surface area contributed by atoms with Gasteiger partial charge in [-0.05, 0) is 34.1 Å². The first-order chi connectivity index (χ1) is 8.65. The number of rotatable bonds is 6. The van der Waals surface area contributed by atoms with Crippen molar-refractivity contribution in [2.45, 2.75) is 45.5 Å². The van der Waals surface area contributed by atoms with Crippen LogP contribution >= 0.6 is 15.9 Å². The van der Waals surface area contributed by atoms with Gasteiger partial charge in [0.25, 0.3) is 0 Å². The first-order valence-electron chi connectivity index (χ1n) is 6.53. The third kappa shape index (κ3) is 4.70. The molecule has 1 aromatic heterocycles. The Morgan fingerprint density at radius 1 is 1.32 bits per heavy atom. The number of hydrogen-bond acceptors (Lipinski definition) is 3. The highest BCUT2D eigenvalue weighted by Crippen LogP contribution is 2.36. The summed E-state index contributed by atoms with van der Waals surface area (Å²) in [7, 11) is 0.263. The van der Waals surface area contributed by atoms with E-state index in [0.29, 0.717) is 19.8 Å². The van der Waals surface area contributed by atoms with Gasteiger partial charge >= 0.3 is 0 Å². The number of nitrogens with zero attached hydrogens (tertiary/aromatic N) is 2. The average molecular weight is 349 g/mol. The Labute approximate surface area is 125 Å². The Balaban J connectivity index is 2.29. The molecule has 0 aliphatic rings. The molecule has 110 valence electrons. The average Bonchev–Trinajstić information content (AvgIpc) is 2.58. The van der Waals surface area contributed by atoms with Crippen molar-refractivity contribution in [2.75, 3.05) is 13.2 Å². The molecular formula is C13H25BrN2O2Si. The first kappa shape index (κ1) is 16.9. The number of aryl methyl sites for hydroxylation is 1. The van der Waals surface area contributed by atoms with Gasteiger partial charge in [0, 0.05) is 7.05 Å². The smallest absolute Gasteiger partial charge is 0.192 e. The zero-order valence-corrected chi connectivity index (χ0v) is 15.4. The normalized spacial score (nSPS) is 13.0. The highest BCUT2D eigenvalue weighted by atomic mass is 79.9.